The van der Waals surface area contributed by atoms with Gasteiger partial charge in [0.1, 0.15) is 5.75 Å². The maximum atomic E-state index is 11.8. The van der Waals surface area contributed by atoms with Crippen molar-refractivity contribution in [3.63, 3.8) is 0 Å². The number of hydrogen-bond acceptors (Lipinski definition) is 5. The minimum Gasteiger partial charge on any atom is -0.484 e. The number of thiocarbonyl (C=S) groups is 1. The van der Waals surface area contributed by atoms with E-state index in [4.69, 9.17) is 40.2 Å². The number of non-ortho nitro benzene ring substituents is 1. The predicted octanol–water partition coefficient (Wildman–Crippen LogP) is 3.79. The topological polar surface area (TPSA) is 93.5 Å². The number of rotatable bonds is 5. The highest BCUT2D eigenvalue weighted by Crippen LogP contribution is 2.25. The number of carbonyl (C=O) groups is 1. The van der Waals surface area contributed by atoms with Gasteiger partial charge in [-0.2, -0.15) is 0 Å². The minimum absolute atomic E-state index is 0.0431. The monoisotopic (exact) mass is 399 g/mol. The predicted molar refractivity (Wildman–Crippen MR) is 99.4 cm³/mol. The Morgan fingerprint density at radius 1 is 1.20 bits per heavy atom. The molecule has 0 heterocycles. The smallest absolute Gasteiger partial charge is 0.269 e. The van der Waals surface area contributed by atoms with Crippen molar-refractivity contribution in [3.05, 3.63) is 62.6 Å². The first kappa shape index (κ1) is 18.9. The van der Waals surface area contributed by atoms with Crippen LogP contribution >= 0.6 is 35.4 Å². The van der Waals surface area contributed by atoms with Gasteiger partial charge >= 0.3 is 0 Å². The molecule has 2 N–H and O–H groups in total. The Morgan fingerprint density at radius 2 is 1.88 bits per heavy atom. The van der Waals surface area contributed by atoms with Crippen LogP contribution in [0.2, 0.25) is 10.0 Å². The van der Waals surface area contributed by atoms with E-state index in [2.05, 4.69) is 10.6 Å². The maximum absolute atomic E-state index is 11.8. The Labute approximate surface area is 158 Å². The molecule has 0 saturated heterocycles. The molecule has 2 aromatic carbocycles. The quantitative estimate of drug-likeness (QED) is 0.451. The number of amides is 1. The Kier molecular flexibility index (Phi) is 6.51. The van der Waals surface area contributed by atoms with Gasteiger partial charge in [0.25, 0.3) is 11.6 Å². The molecule has 0 atom stereocenters. The van der Waals surface area contributed by atoms with Crippen LogP contribution in [0, 0.1) is 10.1 Å². The largest absolute Gasteiger partial charge is 0.484 e. The van der Waals surface area contributed by atoms with Crippen LogP contribution in [0.5, 0.6) is 5.75 Å². The SMILES string of the molecule is O=C(COc1ccc([N+](=O)[O-])cc1)NC(=S)Nc1ccc(Cl)cc1Cl. The van der Waals surface area contributed by atoms with Crippen molar-refractivity contribution in [3.8, 4) is 5.75 Å². The molecule has 1 amide bonds. The highest BCUT2D eigenvalue weighted by atomic mass is 35.5. The molecule has 0 bridgehead atoms. The summed E-state index contributed by atoms with van der Waals surface area (Å²) in [5.41, 5.74) is 0.426. The minimum atomic E-state index is -0.525. The number of nitrogens with one attached hydrogen (secondary N) is 2. The molecule has 2 rings (SSSR count). The van der Waals surface area contributed by atoms with E-state index >= 15 is 0 Å². The van der Waals surface area contributed by atoms with E-state index in [1.165, 1.54) is 30.3 Å². The summed E-state index contributed by atoms with van der Waals surface area (Å²) in [7, 11) is 0. The second-order valence-electron chi connectivity index (χ2n) is 4.67. The Balaban J connectivity index is 1.83. The number of anilines is 1. The molecular weight excluding hydrogens is 389 g/mol. The van der Waals surface area contributed by atoms with Crippen molar-refractivity contribution in [1.82, 2.24) is 5.32 Å². The van der Waals surface area contributed by atoms with Gasteiger partial charge in [0, 0.05) is 17.2 Å². The van der Waals surface area contributed by atoms with Crippen LogP contribution in [0.4, 0.5) is 11.4 Å². The number of hydrogen-bond donors (Lipinski definition) is 2. The first-order valence-corrected chi connectivity index (χ1v) is 7.94. The third-order valence-corrected chi connectivity index (χ3v) is 3.60. The molecule has 7 nitrogen and oxygen atoms in total. The molecule has 0 aromatic heterocycles. The van der Waals surface area contributed by atoms with Crippen molar-refractivity contribution in [1.29, 1.82) is 0 Å². The molecule has 0 radical (unpaired) electrons. The summed E-state index contributed by atoms with van der Waals surface area (Å²) in [5, 5.41) is 16.6. The molecule has 0 aliphatic carbocycles. The number of nitro benzene ring substituents is 1. The molecule has 0 saturated carbocycles. The van der Waals surface area contributed by atoms with E-state index in [1.807, 2.05) is 0 Å². The first-order chi connectivity index (χ1) is 11.8. The zero-order chi connectivity index (χ0) is 18.4. The summed E-state index contributed by atoms with van der Waals surface area (Å²) in [5.74, 6) is -0.179. The zero-order valence-electron chi connectivity index (χ0n) is 12.5. The van der Waals surface area contributed by atoms with E-state index in [0.29, 0.717) is 21.5 Å². The summed E-state index contributed by atoms with van der Waals surface area (Å²) in [6.07, 6.45) is 0. The van der Waals surface area contributed by atoms with Gasteiger partial charge in [0.05, 0.1) is 15.6 Å². The number of nitro groups is 1. The summed E-state index contributed by atoms with van der Waals surface area (Å²) >= 11 is 16.8. The third kappa shape index (κ3) is 5.86. The molecular formula is C15H11Cl2N3O4S. The fourth-order valence-corrected chi connectivity index (χ4v) is 2.40. The van der Waals surface area contributed by atoms with E-state index in [1.54, 1.807) is 12.1 Å². The average Bonchev–Trinajstić information content (AvgIpc) is 2.56. The number of benzene rings is 2. The van der Waals surface area contributed by atoms with Gasteiger partial charge in [0.15, 0.2) is 11.7 Å². The molecule has 0 aliphatic rings. The number of halogens is 2. The molecule has 130 valence electrons. The van der Waals surface area contributed by atoms with Gasteiger partial charge < -0.3 is 10.1 Å². The molecule has 10 heteroatoms. The summed E-state index contributed by atoms with van der Waals surface area (Å²) in [6, 6.07) is 10.1. The van der Waals surface area contributed by atoms with Crippen molar-refractivity contribution in [2.75, 3.05) is 11.9 Å². The summed E-state index contributed by atoms with van der Waals surface area (Å²) in [4.78, 5) is 21.8. The van der Waals surface area contributed by atoms with Crippen LogP contribution < -0.4 is 15.4 Å². The number of nitrogens with zero attached hydrogens (tertiary/aromatic N) is 1. The average molecular weight is 400 g/mol. The second-order valence-corrected chi connectivity index (χ2v) is 5.92. The van der Waals surface area contributed by atoms with Gasteiger partial charge in [-0.25, -0.2) is 0 Å². The van der Waals surface area contributed by atoms with Crippen LogP contribution in [0.3, 0.4) is 0 Å². The fourth-order valence-electron chi connectivity index (χ4n) is 1.72. The van der Waals surface area contributed by atoms with Crippen molar-refractivity contribution in [2.24, 2.45) is 0 Å². The van der Waals surface area contributed by atoms with E-state index in [-0.39, 0.29) is 17.4 Å². The second kappa shape index (κ2) is 8.61. The Bertz CT molecular complexity index is 815. The normalized spacial score (nSPS) is 10.0. The van der Waals surface area contributed by atoms with E-state index in [0.717, 1.165) is 0 Å². The van der Waals surface area contributed by atoms with Gasteiger partial charge in [0.2, 0.25) is 0 Å². The highest BCUT2D eigenvalue weighted by Gasteiger charge is 2.09. The lowest BCUT2D eigenvalue weighted by Gasteiger charge is -2.11. The van der Waals surface area contributed by atoms with Crippen molar-refractivity contribution < 1.29 is 14.5 Å². The maximum Gasteiger partial charge on any atom is 0.269 e. The lowest BCUT2D eigenvalue weighted by atomic mass is 10.3. The molecule has 0 unspecified atom stereocenters. The Hall–Kier alpha value is -2.42. The molecule has 25 heavy (non-hydrogen) atoms. The zero-order valence-corrected chi connectivity index (χ0v) is 14.8. The van der Waals surface area contributed by atoms with Gasteiger partial charge in [-0.15, -0.1) is 0 Å². The molecule has 0 aliphatic heterocycles. The van der Waals surface area contributed by atoms with Crippen molar-refractivity contribution >= 4 is 57.8 Å². The van der Waals surface area contributed by atoms with Crippen LogP contribution in [0.25, 0.3) is 0 Å². The number of carbonyl (C=O) groups excluding carboxylic acids is 1. The highest BCUT2D eigenvalue weighted by molar-refractivity contribution is 7.80. The first-order valence-electron chi connectivity index (χ1n) is 6.78. The molecule has 2 aromatic rings. The lowest BCUT2D eigenvalue weighted by molar-refractivity contribution is -0.384. The van der Waals surface area contributed by atoms with Gasteiger partial charge in [-0.3, -0.25) is 20.2 Å². The third-order valence-electron chi connectivity index (χ3n) is 2.85. The Morgan fingerprint density at radius 3 is 2.48 bits per heavy atom. The lowest BCUT2D eigenvalue weighted by Crippen LogP contribution is -2.37. The summed E-state index contributed by atoms with van der Waals surface area (Å²) in [6.45, 7) is -0.312. The van der Waals surface area contributed by atoms with Crippen LogP contribution in [-0.2, 0) is 4.79 Å². The van der Waals surface area contributed by atoms with Crippen LogP contribution in [-0.4, -0.2) is 22.5 Å². The fraction of sp³-hybridized carbons (Fsp3) is 0.0667. The van der Waals surface area contributed by atoms with Gasteiger partial charge in [-0.05, 0) is 42.5 Å². The van der Waals surface area contributed by atoms with E-state index in [9.17, 15) is 14.9 Å². The number of ether oxygens (including phenoxy) is 1. The molecule has 0 spiro atoms. The van der Waals surface area contributed by atoms with Gasteiger partial charge in [-0.1, -0.05) is 23.2 Å². The van der Waals surface area contributed by atoms with Crippen LogP contribution in [0.15, 0.2) is 42.5 Å². The standard InChI is InChI=1S/C15H11Cl2N3O4S/c16-9-1-6-13(12(17)7-9)18-15(25)19-14(21)8-24-11-4-2-10(3-5-11)20(22)23/h1-7H,8H2,(H2,18,19,21,25). The van der Waals surface area contributed by atoms with Crippen molar-refractivity contribution in [2.45, 2.75) is 0 Å². The van der Waals surface area contributed by atoms with Crippen LogP contribution in [0.1, 0.15) is 0 Å². The summed E-state index contributed by atoms with van der Waals surface area (Å²) < 4.78 is 5.23. The molecule has 0 fully saturated rings. The van der Waals surface area contributed by atoms with E-state index < -0.39 is 10.8 Å².